The van der Waals surface area contributed by atoms with E-state index >= 15 is 0 Å². The van der Waals surface area contributed by atoms with Gasteiger partial charge < -0.3 is 14.8 Å². The number of halogens is 1. The van der Waals surface area contributed by atoms with Crippen molar-refractivity contribution in [3.63, 3.8) is 0 Å². The fourth-order valence-electron chi connectivity index (χ4n) is 3.03. The van der Waals surface area contributed by atoms with Crippen molar-refractivity contribution in [2.75, 3.05) is 0 Å². The summed E-state index contributed by atoms with van der Waals surface area (Å²) in [5.74, 6) is 1.15. The van der Waals surface area contributed by atoms with E-state index < -0.39 is 0 Å². The maximum absolute atomic E-state index is 5.62. The molecule has 1 aromatic carbocycles. The lowest BCUT2D eigenvalue weighted by molar-refractivity contribution is 0.432. The van der Waals surface area contributed by atoms with Crippen molar-refractivity contribution in [3.8, 4) is 22.8 Å². The minimum Gasteiger partial charge on any atom is -0.346 e. The molecular weight excluding hydrogens is 324 g/mol. The average molecular weight is 347 g/mol. The zero-order valence-corrected chi connectivity index (χ0v) is 15.2. The summed E-state index contributed by atoms with van der Waals surface area (Å²) in [5.41, 5.74) is 11.0. The smallest absolute Gasteiger partial charge is 0.260 e. The molecule has 5 nitrogen and oxygen atoms in total. The summed E-state index contributed by atoms with van der Waals surface area (Å²) in [6.45, 7) is 9.05. The first kappa shape index (κ1) is 18.2. The Morgan fingerprint density at radius 2 is 1.83 bits per heavy atom. The van der Waals surface area contributed by atoms with E-state index in [4.69, 9.17) is 10.3 Å². The van der Waals surface area contributed by atoms with Crippen molar-refractivity contribution >= 4 is 12.4 Å². The van der Waals surface area contributed by atoms with E-state index in [2.05, 4.69) is 48.5 Å². The molecule has 0 aliphatic rings. The highest BCUT2D eigenvalue weighted by atomic mass is 35.5. The van der Waals surface area contributed by atoms with E-state index in [9.17, 15) is 0 Å². The average Bonchev–Trinajstić information content (AvgIpc) is 3.12. The molecule has 0 unspecified atom stereocenters. The fourth-order valence-corrected chi connectivity index (χ4v) is 3.03. The summed E-state index contributed by atoms with van der Waals surface area (Å²) in [4.78, 5) is 4.56. The third-order valence-electron chi connectivity index (χ3n) is 4.11. The van der Waals surface area contributed by atoms with Gasteiger partial charge in [-0.05, 0) is 39.3 Å². The Morgan fingerprint density at radius 3 is 2.38 bits per heavy atom. The van der Waals surface area contributed by atoms with Gasteiger partial charge in [0, 0.05) is 29.5 Å². The van der Waals surface area contributed by atoms with Gasteiger partial charge in [-0.15, -0.1) is 12.4 Å². The molecule has 24 heavy (non-hydrogen) atoms. The molecule has 0 aliphatic carbocycles. The predicted octanol–water partition coefficient (Wildman–Crippen LogP) is 4.28. The molecule has 2 N–H and O–H groups in total. The van der Waals surface area contributed by atoms with Crippen LogP contribution in [0.25, 0.3) is 22.8 Å². The largest absolute Gasteiger partial charge is 0.346 e. The Labute approximate surface area is 148 Å². The number of aromatic nitrogens is 3. The summed E-state index contributed by atoms with van der Waals surface area (Å²) >= 11 is 0. The Bertz CT molecular complexity index is 818. The van der Waals surface area contributed by atoms with Crippen LogP contribution in [0.3, 0.4) is 0 Å². The Morgan fingerprint density at radius 1 is 1.17 bits per heavy atom. The van der Waals surface area contributed by atoms with E-state index in [0.717, 1.165) is 22.4 Å². The number of aryl methyl sites for hydroxylation is 1. The zero-order chi connectivity index (χ0) is 16.6. The van der Waals surface area contributed by atoms with E-state index in [1.54, 1.807) is 0 Å². The number of hydrogen-bond acceptors (Lipinski definition) is 4. The van der Waals surface area contributed by atoms with Crippen molar-refractivity contribution < 1.29 is 4.52 Å². The van der Waals surface area contributed by atoms with Gasteiger partial charge in [0.05, 0.1) is 5.56 Å². The minimum absolute atomic E-state index is 0. The summed E-state index contributed by atoms with van der Waals surface area (Å²) in [5, 5.41) is 4.12. The first-order valence-corrected chi connectivity index (χ1v) is 7.83. The molecule has 0 spiro atoms. The Hall–Kier alpha value is -2.11. The lowest BCUT2D eigenvalue weighted by atomic mass is 10.1. The van der Waals surface area contributed by atoms with Gasteiger partial charge in [0.25, 0.3) is 5.89 Å². The van der Waals surface area contributed by atoms with Crippen LogP contribution >= 0.6 is 12.4 Å². The molecule has 0 radical (unpaired) electrons. The summed E-state index contributed by atoms with van der Waals surface area (Å²) in [7, 11) is 0. The van der Waals surface area contributed by atoms with Crippen LogP contribution in [-0.2, 0) is 6.54 Å². The fraction of sp³-hybridized carbons (Fsp3) is 0.333. The molecule has 0 bridgehead atoms. The first-order valence-electron chi connectivity index (χ1n) is 7.83. The second-order valence-electron chi connectivity index (χ2n) is 6.07. The van der Waals surface area contributed by atoms with E-state index in [-0.39, 0.29) is 12.4 Å². The van der Waals surface area contributed by atoms with Crippen LogP contribution in [0.15, 0.2) is 34.9 Å². The van der Waals surface area contributed by atoms with Gasteiger partial charge in [0.15, 0.2) is 0 Å². The van der Waals surface area contributed by atoms with Gasteiger partial charge in [-0.1, -0.05) is 29.4 Å². The maximum atomic E-state index is 5.62. The van der Waals surface area contributed by atoms with Crippen LogP contribution in [0.2, 0.25) is 0 Å². The van der Waals surface area contributed by atoms with E-state index in [1.807, 2.05) is 24.3 Å². The molecule has 3 rings (SSSR count). The van der Waals surface area contributed by atoms with Crippen LogP contribution in [0.1, 0.15) is 36.8 Å². The molecule has 2 heterocycles. The topological polar surface area (TPSA) is 69.9 Å². The van der Waals surface area contributed by atoms with Gasteiger partial charge in [0.2, 0.25) is 5.82 Å². The van der Waals surface area contributed by atoms with Crippen molar-refractivity contribution in [2.24, 2.45) is 5.73 Å². The normalized spacial score (nSPS) is 10.9. The molecule has 128 valence electrons. The second-order valence-corrected chi connectivity index (χ2v) is 6.07. The molecular formula is C18H23ClN4O. The maximum Gasteiger partial charge on any atom is 0.260 e. The highest BCUT2D eigenvalue weighted by Gasteiger charge is 2.18. The minimum atomic E-state index is 0. The van der Waals surface area contributed by atoms with Gasteiger partial charge in [-0.25, -0.2) is 0 Å². The molecule has 0 saturated carbocycles. The zero-order valence-electron chi connectivity index (χ0n) is 14.4. The van der Waals surface area contributed by atoms with Gasteiger partial charge in [-0.3, -0.25) is 0 Å². The molecule has 6 heteroatoms. The molecule has 0 saturated heterocycles. The predicted molar refractivity (Wildman–Crippen MR) is 98.2 cm³/mol. The van der Waals surface area contributed by atoms with E-state index in [1.165, 1.54) is 5.69 Å². The number of nitrogens with two attached hydrogens (primary N) is 1. The summed E-state index contributed by atoms with van der Waals surface area (Å²) < 4.78 is 7.76. The quantitative estimate of drug-likeness (QED) is 0.765. The van der Waals surface area contributed by atoms with Gasteiger partial charge in [-0.2, -0.15) is 4.98 Å². The van der Waals surface area contributed by atoms with Crippen LogP contribution in [0.5, 0.6) is 0 Å². The third-order valence-corrected chi connectivity index (χ3v) is 4.11. The first-order chi connectivity index (χ1) is 11.0. The molecule has 0 amide bonds. The number of hydrogen-bond donors (Lipinski definition) is 1. The van der Waals surface area contributed by atoms with Crippen molar-refractivity contribution in [1.29, 1.82) is 0 Å². The van der Waals surface area contributed by atoms with Crippen LogP contribution in [0.4, 0.5) is 0 Å². The lowest BCUT2D eigenvalue weighted by Gasteiger charge is -2.13. The highest BCUT2D eigenvalue weighted by Crippen LogP contribution is 2.29. The number of nitrogens with zero attached hydrogens (tertiary/aromatic N) is 3. The van der Waals surface area contributed by atoms with Crippen LogP contribution in [0, 0.1) is 13.8 Å². The van der Waals surface area contributed by atoms with Crippen molar-refractivity contribution in [2.45, 2.75) is 40.3 Å². The molecule has 3 aromatic rings. The van der Waals surface area contributed by atoms with Gasteiger partial charge >= 0.3 is 0 Å². The Kier molecular flexibility index (Phi) is 5.47. The summed E-state index contributed by atoms with van der Waals surface area (Å²) in [6.07, 6.45) is 0. The highest BCUT2D eigenvalue weighted by molar-refractivity contribution is 5.85. The molecule has 0 fully saturated rings. The van der Waals surface area contributed by atoms with E-state index in [0.29, 0.717) is 24.3 Å². The number of benzene rings is 1. The molecule has 2 aromatic heterocycles. The molecule has 0 aliphatic heterocycles. The van der Waals surface area contributed by atoms with Crippen LogP contribution in [-0.4, -0.2) is 14.7 Å². The summed E-state index contributed by atoms with van der Waals surface area (Å²) in [6, 6.07) is 10.4. The molecule has 0 atom stereocenters. The lowest BCUT2D eigenvalue weighted by Crippen LogP contribution is -2.04. The van der Waals surface area contributed by atoms with Crippen LogP contribution < -0.4 is 5.73 Å². The third kappa shape index (κ3) is 3.23. The van der Waals surface area contributed by atoms with Crippen molar-refractivity contribution in [1.82, 2.24) is 14.7 Å². The number of rotatable bonds is 4. The monoisotopic (exact) mass is 346 g/mol. The van der Waals surface area contributed by atoms with Gasteiger partial charge in [0.1, 0.15) is 0 Å². The van der Waals surface area contributed by atoms with Crippen molar-refractivity contribution in [3.05, 3.63) is 47.3 Å². The Balaban J connectivity index is 0.00000208. The standard InChI is InChI=1S/C18H22N4O.ClH/c1-11(2)22-12(3)9-16(13(22)4)18-20-17(21-23-18)15-7-5-14(10-19)6-8-15;/h5-9,11H,10,19H2,1-4H3;1H. The SMILES string of the molecule is Cc1cc(-c2nc(-c3ccc(CN)cc3)no2)c(C)n1C(C)C.Cl. The second kappa shape index (κ2) is 7.20.